The van der Waals surface area contributed by atoms with Crippen LogP contribution < -0.4 is 10.1 Å². The topological polar surface area (TPSA) is 103 Å². The molecule has 1 fully saturated rings. The van der Waals surface area contributed by atoms with E-state index in [1.54, 1.807) is 4.90 Å². The maximum Gasteiger partial charge on any atom is 0.412 e. The Kier molecular flexibility index (Phi) is 9.89. The van der Waals surface area contributed by atoms with Gasteiger partial charge in [-0.05, 0) is 52.2 Å². The molecule has 178 valence electrons. The van der Waals surface area contributed by atoms with Crippen molar-refractivity contribution in [1.82, 2.24) is 14.9 Å². The van der Waals surface area contributed by atoms with E-state index in [0.29, 0.717) is 30.8 Å². The van der Waals surface area contributed by atoms with Gasteiger partial charge in [-0.2, -0.15) is 4.98 Å². The quantitative estimate of drug-likeness (QED) is 0.237. The minimum atomic E-state index is -0.702. The molecule has 2 heterocycles. The smallest absolute Gasteiger partial charge is 0.412 e. The monoisotopic (exact) mass is 486 g/mol. The van der Waals surface area contributed by atoms with Crippen LogP contribution in [0, 0.1) is 5.92 Å². The molecule has 1 aromatic heterocycles. The first-order valence-corrected chi connectivity index (χ1v) is 12.0. The Balaban J connectivity index is 1.90. The van der Waals surface area contributed by atoms with Crippen LogP contribution in [-0.4, -0.2) is 65.2 Å². The molecule has 0 radical (unpaired) electrons. The molecule has 1 aliphatic rings. The molecular formula is C21H31ClN4O5S. The van der Waals surface area contributed by atoms with E-state index in [0.717, 1.165) is 19.3 Å². The zero-order valence-corrected chi connectivity index (χ0v) is 20.6. The first-order valence-electron chi connectivity index (χ1n) is 10.4. The number of ether oxygens (including phenoxy) is 3. The lowest BCUT2D eigenvalue weighted by molar-refractivity contribution is 0.0177. The Morgan fingerprint density at radius 2 is 2.00 bits per heavy atom. The van der Waals surface area contributed by atoms with E-state index in [4.69, 9.17) is 25.8 Å². The lowest BCUT2D eigenvalue weighted by atomic mass is 9.94. The van der Waals surface area contributed by atoms with Gasteiger partial charge in [0.15, 0.2) is 10.3 Å². The fraction of sp³-hybridized carbons (Fsp3) is 0.619. The van der Waals surface area contributed by atoms with Gasteiger partial charge in [-0.3, -0.25) is 5.32 Å². The average molecular weight is 487 g/mol. The van der Waals surface area contributed by atoms with E-state index >= 15 is 0 Å². The molecule has 0 aromatic carbocycles. The molecule has 0 spiro atoms. The molecule has 1 aliphatic heterocycles. The van der Waals surface area contributed by atoms with Gasteiger partial charge in [-0.25, -0.2) is 14.6 Å². The molecule has 0 aliphatic carbocycles. The second kappa shape index (κ2) is 12.2. The van der Waals surface area contributed by atoms with Gasteiger partial charge >= 0.3 is 12.2 Å². The largest absolute Gasteiger partial charge is 0.476 e. The second-order valence-corrected chi connectivity index (χ2v) is 9.37. The Bertz CT molecular complexity index is 810. The standard InChI is InChI=1S/C21H31ClN4O5S/c1-6-12-30-19(27)23-15-16(22)24-18(32-5)25-17(15)29-13-9-14-7-10-26(11-8-14)20(28)31-21(2,3)4/h6,14H,1,7-13H2,2-5H3,(H,23,27). The van der Waals surface area contributed by atoms with Crippen LogP contribution in [0.1, 0.15) is 40.0 Å². The number of piperidine rings is 1. The number of carbonyl (C=O) groups excluding carboxylic acids is 2. The molecule has 1 saturated heterocycles. The summed E-state index contributed by atoms with van der Waals surface area (Å²) in [5, 5.41) is 3.03. The van der Waals surface area contributed by atoms with E-state index in [1.165, 1.54) is 17.8 Å². The highest BCUT2D eigenvalue weighted by Gasteiger charge is 2.27. The summed E-state index contributed by atoms with van der Waals surface area (Å²) in [6.45, 7) is 10.8. The van der Waals surface area contributed by atoms with Crippen LogP contribution >= 0.6 is 23.4 Å². The molecule has 11 heteroatoms. The molecular weight excluding hydrogens is 456 g/mol. The normalized spacial score (nSPS) is 14.6. The number of halogens is 1. The van der Waals surface area contributed by atoms with Crippen molar-refractivity contribution in [2.45, 2.75) is 50.8 Å². The first-order chi connectivity index (χ1) is 15.1. The Hall–Kier alpha value is -2.20. The fourth-order valence-electron chi connectivity index (χ4n) is 3.02. The number of hydrogen-bond acceptors (Lipinski definition) is 8. The van der Waals surface area contributed by atoms with Crippen LogP contribution in [0.5, 0.6) is 5.88 Å². The number of nitrogens with one attached hydrogen (secondary N) is 1. The van der Waals surface area contributed by atoms with E-state index < -0.39 is 11.7 Å². The summed E-state index contributed by atoms with van der Waals surface area (Å²) in [5.74, 6) is 0.594. The van der Waals surface area contributed by atoms with Gasteiger partial charge < -0.3 is 19.1 Å². The van der Waals surface area contributed by atoms with Gasteiger partial charge in [0.05, 0.1) is 6.61 Å². The summed E-state index contributed by atoms with van der Waals surface area (Å²) in [6.07, 6.45) is 4.81. The van der Waals surface area contributed by atoms with Crippen molar-refractivity contribution in [1.29, 1.82) is 0 Å². The summed E-state index contributed by atoms with van der Waals surface area (Å²) in [6, 6.07) is 0. The maximum absolute atomic E-state index is 12.2. The van der Waals surface area contributed by atoms with Crippen LogP contribution in [0.15, 0.2) is 17.8 Å². The molecule has 2 rings (SSSR count). The first kappa shape index (κ1) is 26.1. The molecule has 1 N–H and O–H groups in total. The van der Waals surface area contributed by atoms with Crippen LogP contribution in [0.2, 0.25) is 5.15 Å². The minimum Gasteiger partial charge on any atom is -0.476 e. The number of thioether (sulfide) groups is 1. The average Bonchev–Trinajstić information content (AvgIpc) is 2.73. The van der Waals surface area contributed by atoms with Gasteiger partial charge in [-0.1, -0.05) is 36.0 Å². The van der Waals surface area contributed by atoms with E-state index in [2.05, 4.69) is 21.9 Å². The lowest BCUT2D eigenvalue weighted by Gasteiger charge is -2.33. The zero-order valence-electron chi connectivity index (χ0n) is 19.0. The summed E-state index contributed by atoms with van der Waals surface area (Å²) >= 11 is 7.54. The molecule has 0 saturated carbocycles. The second-order valence-electron chi connectivity index (χ2n) is 8.24. The Labute approximate surface area is 198 Å². The molecule has 2 amide bonds. The number of rotatable bonds is 8. The number of nitrogens with zero attached hydrogens (tertiary/aromatic N) is 3. The number of likely N-dealkylation sites (tertiary alicyclic amines) is 1. The summed E-state index contributed by atoms with van der Waals surface area (Å²) in [5.41, 5.74) is -0.335. The third-order valence-corrected chi connectivity index (χ3v) is 5.41. The number of anilines is 1. The summed E-state index contributed by atoms with van der Waals surface area (Å²) in [7, 11) is 0. The zero-order chi connectivity index (χ0) is 23.7. The molecule has 32 heavy (non-hydrogen) atoms. The van der Waals surface area contributed by atoms with E-state index in [9.17, 15) is 9.59 Å². The summed E-state index contributed by atoms with van der Waals surface area (Å²) in [4.78, 5) is 34.3. The third kappa shape index (κ3) is 8.38. The van der Waals surface area contributed by atoms with Crippen molar-refractivity contribution in [2.24, 2.45) is 5.92 Å². The molecule has 0 unspecified atom stereocenters. The van der Waals surface area contributed by atoms with Gasteiger partial charge in [0.2, 0.25) is 5.88 Å². The minimum absolute atomic E-state index is 0.0609. The molecule has 9 nitrogen and oxygen atoms in total. The van der Waals surface area contributed by atoms with Gasteiger partial charge in [0, 0.05) is 13.1 Å². The highest BCUT2D eigenvalue weighted by atomic mass is 35.5. The van der Waals surface area contributed by atoms with Crippen LogP contribution in [0.25, 0.3) is 0 Å². The number of aromatic nitrogens is 2. The third-order valence-electron chi connectivity index (χ3n) is 4.58. The van der Waals surface area contributed by atoms with Crippen LogP contribution in [-0.2, 0) is 9.47 Å². The number of hydrogen-bond donors (Lipinski definition) is 1. The van der Waals surface area contributed by atoms with Crippen LogP contribution in [0.4, 0.5) is 15.3 Å². The van der Waals surface area contributed by atoms with Crippen molar-refractivity contribution in [3.63, 3.8) is 0 Å². The lowest BCUT2D eigenvalue weighted by Crippen LogP contribution is -2.41. The SMILES string of the molecule is C=CCOC(=O)Nc1c(Cl)nc(SC)nc1OCCC1CCN(C(=O)OC(C)(C)C)CC1. The van der Waals surface area contributed by atoms with Crippen molar-refractivity contribution in [3.8, 4) is 5.88 Å². The van der Waals surface area contributed by atoms with Crippen molar-refractivity contribution < 1.29 is 23.8 Å². The van der Waals surface area contributed by atoms with Gasteiger partial charge in [0.25, 0.3) is 0 Å². The van der Waals surface area contributed by atoms with E-state index in [1.807, 2.05) is 27.0 Å². The highest BCUT2D eigenvalue weighted by Crippen LogP contribution is 2.32. The van der Waals surface area contributed by atoms with Crippen molar-refractivity contribution >= 4 is 41.2 Å². The van der Waals surface area contributed by atoms with Crippen molar-refractivity contribution in [2.75, 3.05) is 37.9 Å². The maximum atomic E-state index is 12.2. The van der Waals surface area contributed by atoms with Crippen molar-refractivity contribution in [3.05, 3.63) is 17.8 Å². The molecule has 1 aromatic rings. The van der Waals surface area contributed by atoms with Gasteiger partial charge in [0.1, 0.15) is 17.9 Å². The van der Waals surface area contributed by atoms with Gasteiger partial charge in [-0.15, -0.1) is 0 Å². The predicted molar refractivity (Wildman–Crippen MR) is 125 cm³/mol. The molecule has 0 bridgehead atoms. The Morgan fingerprint density at radius 3 is 2.59 bits per heavy atom. The fourth-order valence-corrected chi connectivity index (χ4v) is 3.64. The summed E-state index contributed by atoms with van der Waals surface area (Å²) < 4.78 is 16.2. The Morgan fingerprint density at radius 1 is 1.31 bits per heavy atom. The molecule has 0 atom stereocenters. The highest BCUT2D eigenvalue weighted by molar-refractivity contribution is 7.98. The van der Waals surface area contributed by atoms with Crippen LogP contribution in [0.3, 0.4) is 0 Å². The predicted octanol–water partition coefficient (Wildman–Crippen LogP) is 5.00. The number of amides is 2. The van der Waals surface area contributed by atoms with E-state index in [-0.39, 0.29) is 29.4 Å². The number of carbonyl (C=O) groups is 2.